The van der Waals surface area contributed by atoms with Gasteiger partial charge in [-0.25, -0.2) is 14.6 Å². The molecule has 7 nitrogen and oxygen atoms in total. The lowest BCUT2D eigenvalue weighted by molar-refractivity contribution is -0.138. The Kier molecular flexibility index (Phi) is 3.19. The van der Waals surface area contributed by atoms with Gasteiger partial charge in [-0.3, -0.25) is 0 Å². The van der Waals surface area contributed by atoms with Crippen molar-refractivity contribution in [1.29, 1.82) is 0 Å². The number of nitrogens with one attached hydrogen (secondary N) is 1. The number of ether oxygens (including phenoxy) is 1. The Morgan fingerprint density at radius 3 is 2.86 bits per heavy atom. The third kappa shape index (κ3) is 2.87. The fourth-order valence-electron chi connectivity index (χ4n) is 0.891. The van der Waals surface area contributed by atoms with Crippen molar-refractivity contribution in [3.8, 4) is 0 Å². The highest BCUT2D eigenvalue weighted by Crippen LogP contribution is 1.97. The van der Waals surface area contributed by atoms with Gasteiger partial charge < -0.3 is 21.2 Å². The fourth-order valence-corrected chi connectivity index (χ4v) is 0.891. The van der Waals surface area contributed by atoms with Crippen LogP contribution in [0.5, 0.6) is 0 Å². The highest BCUT2D eigenvalue weighted by atomic mass is 16.6. The summed E-state index contributed by atoms with van der Waals surface area (Å²) in [4.78, 5) is 27.7. The SMILES string of the molecule is NC(=O)OC(=O)[C@@H](N)Cc1cnc[nH]1. The van der Waals surface area contributed by atoms with Gasteiger partial charge in [-0.15, -0.1) is 0 Å². The largest absolute Gasteiger partial charge is 0.412 e. The summed E-state index contributed by atoms with van der Waals surface area (Å²) in [6.07, 6.45) is 2.04. The summed E-state index contributed by atoms with van der Waals surface area (Å²) in [7, 11) is 0. The van der Waals surface area contributed by atoms with Gasteiger partial charge in [-0.05, 0) is 0 Å². The zero-order valence-corrected chi connectivity index (χ0v) is 7.27. The molecule has 0 fully saturated rings. The van der Waals surface area contributed by atoms with Crippen molar-refractivity contribution in [2.75, 3.05) is 0 Å². The molecule has 0 aromatic carbocycles. The normalized spacial score (nSPS) is 12.1. The highest BCUT2D eigenvalue weighted by molar-refractivity contribution is 5.86. The molecule has 1 rings (SSSR count). The Bertz CT molecular complexity index is 322. The second-order valence-corrected chi connectivity index (χ2v) is 2.63. The van der Waals surface area contributed by atoms with Crippen molar-refractivity contribution in [3.05, 3.63) is 18.2 Å². The topological polar surface area (TPSA) is 124 Å². The standard InChI is InChI=1S/C7H10N4O3/c8-5(6(12)14-7(9)13)1-4-2-10-3-11-4/h2-3,5H,1,8H2,(H2,9,13)(H,10,11)/t5-/m0/s1. The molecule has 76 valence electrons. The Hall–Kier alpha value is -1.89. The Morgan fingerprint density at radius 2 is 2.36 bits per heavy atom. The summed E-state index contributed by atoms with van der Waals surface area (Å²) >= 11 is 0. The molecule has 1 amide bonds. The quantitative estimate of drug-likeness (QED) is 0.420. The van der Waals surface area contributed by atoms with Crippen LogP contribution >= 0.6 is 0 Å². The van der Waals surface area contributed by atoms with Gasteiger partial charge in [-0.2, -0.15) is 0 Å². The first-order chi connectivity index (χ1) is 6.59. The maximum atomic E-state index is 11.0. The van der Waals surface area contributed by atoms with E-state index in [2.05, 4.69) is 20.4 Å². The molecule has 1 aromatic heterocycles. The summed E-state index contributed by atoms with van der Waals surface area (Å²) in [6, 6.07) is -0.928. The lowest BCUT2D eigenvalue weighted by atomic mass is 10.2. The number of rotatable bonds is 3. The number of nitrogens with two attached hydrogens (primary N) is 2. The van der Waals surface area contributed by atoms with E-state index in [0.29, 0.717) is 5.69 Å². The maximum Gasteiger partial charge on any atom is 0.412 e. The van der Waals surface area contributed by atoms with Crippen LogP contribution in [-0.4, -0.2) is 28.1 Å². The van der Waals surface area contributed by atoms with Gasteiger partial charge in [-0.1, -0.05) is 0 Å². The molecular formula is C7H10N4O3. The second-order valence-electron chi connectivity index (χ2n) is 2.63. The molecule has 0 radical (unpaired) electrons. The molecule has 1 heterocycles. The summed E-state index contributed by atoms with van der Waals surface area (Å²) < 4.78 is 4.10. The number of carbonyl (C=O) groups is 2. The van der Waals surface area contributed by atoms with Gasteiger partial charge in [0, 0.05) is 18.3 Å². The van der Waals surface area contributed by atoms with Crippen LogP contribution in [0.25, 0.3) is 0 Å². The molecule has 1 aromatic rings. The molecule has 0 saturated carbocycles. The van der Waals surface area contributed by atoms with Crippen LogP contribution < -0.4 is 11.5 Å². The van der Waals surface area contributed by atoms with Crippen LogP contribution in [0.3, 0.4) is 0 Å². The summed E-state index contributed by atoms with van der Waals surface area (Å²) in [5, 5.41) is 0. The van der Waals surface area contributed by atoms with Crippen LogP contribution in [-0.2, 0) is 16.0 Å². The minimum absolute atomic E-state index is 0.214. The highest BCUT2D eigenvalue weighted by Gasteiger charge is 2.18. The van der Waals surface area contributed by atoms with E-state index in [4.69, 9.17) is 5.73 Å². The third-order valence-electron chi connectivity index (χ3n) is 1.50. The zero-order chi connectivity index (χ0) is 10.6. The summed E-state index contributed by atoms with van der Waals surface area (Å²) in [5.74, 6) is -0.855. The van der Waals surface area contributed by atoms with Crippen molar-refractivity contribution in [2.24, 2.45) is 11.5 Å². The van der Waals surface area contributed by atoms with E-state index in [-0.39, 0.29) is 6.42 Å². The number of aromatic nitrogens is 2. The molecule has 0 aliphatic heterocycles. The number of carbonyl (C=O) groups excluding carboxylic acids is 2. The monoisotopic (exact) mass is 198 g/mol. The first-order valence-corrected chi connectivity index (χ1v) is 3.83. The molecule has 14 heavy (non-hydrogen) atoms. The van der Waals surface area contributed by atoms with Gasteiger partial charge in [0.1, 0.15) is 6.04 Å². The molecule has 0 unspecified atom stereocenters. The van der Waals surface area contributed by atoms with Crippen LogP contribution in [0.1, 0.15) is 5.69 Å². The van der Waals surface area contributed by atoms with Crippen molar-refractivity contribution < 1.29 is 14.3 Å². The van der Waals surface area contributed by atoms with E-state index >= 15 is 0 Å². The fraction of sp³-hybridized carbons (Fsp3) is 0.286. The number of hydrogen-bond acceptors (Lipinski definition) is 5. The third-order valence-corrected chi connectivity index (χ3v) is 1.50. The molecule has 1 atom stereocenters. The second kappa shape index (κ2) is 4.38. The van der Waals surface area contributed by atoms with Gasteiger partial charge in [0.05, 0.1) is 6.33 Å². The van der Waals surface area contributed by atoms with Crippen molar-refractivity contribution >= 4 is 12.1 Å². The van der Waals surface area contributed by atoms with Crippen molar-refractivity contribution in [3.63, 3.8) is 0 Å². The van der Waals surface area contributed by atoms with Crippen LogP contribution in [0.15, 0.2) is 12.5 Å². The first kappa shape index (κ1) is 10.2. The molecule has 0 aliphatic carbocycles. The van der Waals surface area contributed by atoms with E-state index in [1.807, 2.05) is 0 Å². The first-order valence-electron chi connectivity index (χ1n) is 3.83. The Balaban J connectivity index is 2.46. The molecular weight excluding hydrogens is 188 g/mol. The van der Waals surface area contributed by atoms with E-state index < -0.39 is 18.1 Å². The van der Waals surface area contributed by atoms with E-state index in [1.54, 1.807) is 0 Å². The summed E-state index contributed by atoms with van der Waals surface area (Å²) in [5.41, 5.74) is 10.8. The molecule has 0 spiro atoms. The maximum absolute atomic E-state index is 11.0. The lowest BCUT2D eigenvalue weighted by Gasteiger charge is -2.06. The number of aromatic amines is 1. The minimum Gasteiger partial charge on any atom is -0.375 e. The number of imidazole rings is 1. The van der Waals surface area contributed by atoms with E-state index in [0.717, 1.165) is 0 Å². The average Bonchev–Trinajstić information content (AvgIpc) is 2.55. The number of H-pyrrole nitrogens is 1. The van der Waals surface area contributed by atoms with Gasteiger partial charge >= 0.3 is 12.1 Å². The smallest absolute Gasteiger partial charge is 0.375 e. The number of nitrogens with zero attached hydrogens (tertiary/aromatic N) is 1. The molecule has 0 bridgehead atoms. The predicted molar refractivity (Wildman–Crippen MR) is 45.9 cm³/mol. The van der Waals surface area contributed by atoms with Gasteiger partial charge in [0.15, 0.2) is 0 Å². The predicted octanol–water partition coefficient (Wildman–Crippen LogP) is -1.10. The molecule has 0 saturated heterocycles. The zero-order valence-electron chi connectivity index (χ0n) is 7.27. The molecule has 7 heteroatoms. The van der Waals surface area contributed by atoms with E-state index in [1.165, 1.54) is 12.5 Å². The van der Waals surface area contributed by atoms with Gasteiger partial charge in [0.2, 0.25) is 0 Å². The Labute approximate surface area is 79.4 Å². The van der Waals surface area contributed by atoms with Crippen molar-refractivity contribution in [1.82, 2.24) is 9.97 Å². The van der Waals surface area contributed by atoms with E-state index in [9.17, 15) is 9.59 Å². The summed E-state index contributed by atoms with van der Waals surface area (Å²) in [6.45, 7) is 0. The van der Waals surface area contributed by atoms with Crippen LogP contribution in [0, 0.1) is 0 Å². The number of esters is 1. The number of primary amides is 1. The number of hydrogen-bond donors (Lipinski definition) is 3. The van der Waals surface area contributed by atoms with Crippen molar-refractivity contribution in [2.45, 2.75) is 12.5 Å². The minimum atomic E-state index is -1.16. The lowest BCUT2D eigenvalue weighted by Crippen LogP contribution is -2.37. The average molecular weight is 198 g/mol. The Morgan fingerprint density at radius 1 is 1.64 bits per heavy atom. The van der Waals surface area contributed by atoms with Gasteiger partial charge in [0.25, 0.3) is 0 Å². The van der Waals surface area contributed by atoms with Crippen LogP contribution in [0.4, 0.5) is 4.79 Å². The molecule has 0 aliphatic rings. The van der Waals surface area contributed by atoms with Crippen LogP contribution in [0.2, 0.25) is 0 Å². The number of amides is 1. The molecule has 5 N–H and O–H groups in total.